The zero-order valence-corrected chi connectivity index (χ0v) is 23.5. The first-order chi connectivity index (χ1) is 14.9. The fraction of sp³-hybridized carbons (Fsp3) is 0.462. The molecule has 1 N–H and O–H groups in total. The van der Waals surface area contributed by atoms with E-state index in [1.807, 2.05) is 42.2 Å². The number of rotatable bonds is 7. The van der Waals surface area contributed by atoms with Gasteiger partial charge in [0.15, 0.2) is 0 Å². The van der Waals surface area contributed by atoms with Crippen molar-refractivity contribution < 1.29 is 40.6 Å². The van der Waals surface area contributed by atoms with Crippen LogP contribution in [0.15, 0.2) is 36.4 Å². The summed E-state index contributed by atoms with van der Waals surface area (Å²) in [6.07, 6.45) is 3.66. The Bertz CT molecular complexity index is 942. The van der Waals surface area contributed by atoms with Gasteiger partial charge in [-0.05, 0) is 56.0 Å². The second kappa shape index (κ2) is 10.6. The van der Waals surface area contributed by atoms with E-state index in [0.717, 1.165) is 28.5 Å². The number of aryl methyl sites for hydroxylation is 1. The molecule has 1 aromatic carbocycles. The van der Waals surface area contributed by atoms with Gasteiger partial charge in [0.1, 0.15) is 11.6 Å². The maximum atomic E-state index is 12.8. The third-order valence-corrected chi connectivity index (χ3v) is 6.54. The SMILES string of the molecule is [CH2-]CC(C[CH2-])Oc1ccc2c(c1)C(Nc1cccc(C)n1)C(C)C(C1CC1)N2C(C)=O.[U+2]. The van der Waals surface area contributed by atoms with Crippen molar-refractivity contribution in [2.24, 2.45) is 11.8 Å². The quantitative estimate of drug-likeness (QED) is 0.399. The van der Waals surface area contributed by atoms with Gasteiger partial charge in [0.05, 0.1) is 6.04 Å². The normalized spacial score (nSPS) is 22.2. The molecule has 1 aliphatic carbocycles. The molecule has 0 bridgehead atoms. The Hall–Kier alpha value is -1.51. The van der Waals surface area contributed by atoms with Crippen LogP contribution in [0.3, 0.4) is 0 Å². The van der Waals surface area contributed by atoms with Gasteiger partial charge in [-0.1, -0.05) is 13.0 Å². The minimum atomic E-state index is -0.0213. The third kappa shape index (κ3) is 5.18. The van der Waals surface area contributed by atoms with Crippen LogP contribution in [-0.2, 0) is 4.79 Å². The molecule has 32 heavy (non-hydrogen) atoms. The van der Waals surface area contributed by atoms with Crippen molar-refractivity contribution in [3.63, 3.8) is 0 Å². The third-order valence-electron chi connectivity index (χ3n) is 6.54. The van der Waals surface area contributed by atoms with Crippen LogP contribution in [0.2, 0.25) is 0 Å². The Morgan fingerprint density at radius 3 is 2.56 bits per heavy atom. The van der Waals surface area contributed by atoms with E-state index in [9.17, 15) is 4.79 Å². The first kappa shape index (κ1) is 25.1. The van der Waals surface area contributed by atoms with Crippen molar-refractivity contribution in [1.82, 2.24) is 4.98 Å². The second-order valence-electron chi connectivity index (χ2n) is 8.90. The number of pyridine rings is 1. The van der Waals surface area contributed by atoms with Crippen LogP contribution < -0.4 is 15.0 Å². The molecular weight excluding hydrogens is 624 g/mol. The molecule has 1 fully saturated rings. The fourth-order valence-corrected chi connectivity index (χ4v) is 4.85. The van der Waals surface area contributed by atoms with Crippen LogP contribution in [0, 0.1) is 63.7 Å². The number of carbonyl (C=O) groups excluding carboxylic acids is 1. The average molecular weight is 658 g/mol. The van der Waals surface area contributed by atoms with E-state index in [4.69, 9.17) is 4.74 Å². The Labute approximate surface area is 216 Å². The molecule has 1 aromatic heterocycles. The maximum absolute atomic E-state index is 12.8. The number of benzene rings is 1. The van der Waals surface area contributed by atoms with Gasteiger partial charge in [-0.3, -0.25) is 4.79 Å². The van der Waals surface area contributed by atoms with Crippen LogP contribution in [0.25, 0.3) is 0 Å². The number of hydrogen-bond donors (Lipinski definition) is 1. The van der Waals surface area contributed by atoms with Gasteiger partial charge in [0.25, 0.3) is 0 Å². The molecule has 168 valence electrons. The van der Waals surface area contributed by atoms with E-state index in [1.54, 1.807) is 6.92 Å². The number of ether oxygens (including phenoxy) is 1. The monoisotopic (exact) mass is 657 g/mol. The molecule has 3 unspecified atom stereocenters. The molecule has 1 aliphatic heterocycles. The van der Waals surface area contributed by atoms with Crippen molar-refractivity contribution >= 4 is 17.4 Å². The van der Waals surface area contributed by atoms with Gasteiger partial charge in [-0.15, -0.1) is 12.8 Å². The van der Waals surface area contributed by atoms with E-state index < -0.39 is 0 Å². The van der Waals surface area contributed by atoms with Crippen LogP contribution in [0.1, 0.15) is 56.8 Å². The number of amides is 1. The van der Waals surface area contributed by atoms with Crippen molar-refractivity contribution in [2.75, 3.05) is 10.2 Å². The number of hydrogen-bond acceptors (Lipinski definition) is 4. The Morgan fingerprint density at radius 1 is 1.25 bits per heavy atom. The number of anilines is 2. The Morgan fingerprint density at radius 2 is 1.97 bits per heavy atom. The number of fused-ring (bicyclic) bond motifs is 1. The smallest absolute Gasteiger partial charge is 0.496 e. The molecule has 2 heterocycles. The summed E-state index contributed by atoms with van der Waals surface area (Å²) in [5.41, 5.74) is 3.02. The number of nitrogens with zero attached hydrogens (tertiary/aromatic N) is 2. The molecule has 1 amide bonds. The molecule has 0 spiro atoms. The minimum absolute atomic E-state index is 0. The van der Waals surface area contributed by atoms with Gasteiger partial charge >= 0.3 is 31.1 Å². The minimum Gasteiger partial charge on any atom is -0.496 e. The molecule has 4 rings (SSSR count). The predicted octanol–water partition coefficient (Wildman–Crippen LogP) is 5.52. The summed E-state index contributed by atoms with van der Waals surface area (Å²) in [5.74, 6) is 2.53. The second-order valence-corrected chi connectivity index (χ2v) is 8.90. The Balaban J connectivity index is 0.00000289. The molecule has 3 atom stereocenters. The van der Waals surface area contributed by atoms with E-state index in [1.165, 1.54) is 12.8 Å². The van der Waals surface area contributed by atoms with Gasteiger partial charge in [0, 0.05) is 41.9 Å². The first-order valence-electron chi connectivity index (χ1n) is 11.3. The van der Waals surface area contributed by atoms with E-state index in [0.29, 0.717) is 18.8 Å². The largest absolute Gasteiger partial charge is 2.00 e. The molecule has 6 heteroatoms. The number of carbonyl (C=O) groups is 1. The molecule has 0 saturated heterocycles. The molecule has 2 aliphatic rings. The van der Waals surface area contributed by atoms with E-state index >= 15 is 0 Å². The van der Waals surface area contributed by atoms with Crippen LogP contribution in [-0.4, -0.2) is 23.0 Å². The topological polar surface area (TPSA) is 54.5 Å². The fourth-order valence-electron chi connectivity index (χ4n) is 4.85. The zero-order valence-electron chi connectivity index (χ0n) is 19.3. The molecule has 0 radical (unpaired) electrons. The summed E-state index contributed by atoms with van der Waals surface area (Å²) in [6, 6.07) is 12.3. The van der Waals surface area contributed by atoms with E-state index in [2.05, 4.69) is 37.1 Å². The summed E-state index contributed by atoms with van der Waals surface area (Å²) in [7, 11) is 0. The molecule has 5 nitrogen and oxygen atoms in total. The summed E-state index contributed by atoms with van der Waals surface area (Å²) >= 11 is 0. The zero-order chi connectivity index (χ0) is 22.1. The maximum Gasteiger partial charge on any atom is 2.00 e. The van der Waals surface area contributed by atoms with Crippen molar-refractivity contribution in [3.05, 3.63) is 61.5 Å². The van der Waals surface area contributed by atoms with Gasteiger partial charge in [0.2, 0.25) is 5.91 Å². The van der Waals surface area contributed by atoms with Crippen molar-refractivity contribution in [1.29, 1.82) is 0 Å². The van der Waals surface area contributed by atoms with Gasteiger partial charge in [-0.2, -0.15) is 0 Å². The predicted molar refractivity (Wildman–Crippen MR) is 125 cm³/mol. The summed E-state index contributed by atoms with van der Waals surface area (Å²) < 4.78 is 6.14. The molecular formula is C26H33N3O2U. The average Bonchev–Trinajstić information content (AvgIpc) is 3.58. The summed E-state index contributed by atoms with van der Waals surface area (Å²) in [5, 5.41) is 3.68. The van der Waals surface area contributed by atoms with E-state index in [-0.39, 0.29) is 61.1 Å². The molecule has 2 aromatic rings. The van der Waals surface area contributed by atoms with Gasteiger partial charge in [-0.25, -0.2) is 4.98 Å². The summed E-state index contributed by atoms with van der Waals surface area (Å²) in [6.45, 7) is 13.8. The summed E-state index contributed by atoms with van der Waals surface area (Å²) in [4.78, 5) is 19.4. The Kier molecular flexibility index (Phi) is 8.33. The molecule has 1 saturated carbocycles. The number of aromatic nitrogens is 1. The standard InChI is InChI=1S/C26H33N3O2.U/c1-6-20(7-2)31-21-13-14-23-22(15-21)25(28-24-10-8-9-16(3)27-24)17(4)26(19-11-12-19)29(23)18(5)30;/h8-10,13-15,17,19-20,25-26H,1-2,6-7,11-12H2,3-5H3,(H,27,28);/q-2;+2. The number of nitrogens with one attached hydrogen (secondary N) is 1. The van der Waals surface area contributed by atoms with Crippen LogP contribution in [0.5, 0.6) is 5.75 Å². The van der Waals surface area contributed by atoms with Crippen LogP contribution >= 0.6 is 0 Å². The van der Waals surface area contributed by atoms with Crippen LogP contribution in [0.4, 0.5) is 11.5 Å². The van der Waals surface area contributed by atoms with Crippen molar-refractivity contribution in [3.8, 4) is 5.75 Å². The van der Waals surface area contributed by atoms with Crippen molar-refractivity contribution in [2.45, 2.75) is 64.6 Å². The first-order valence-corrected chi connectivity index (χ1v) is 11.3. The van der Waals surface area contributed by atoms with Gasteiger partial charge < -0.3 is 28.8 Å².